The molecule has 1 aliphatic rings. The Morgan fingerprint density at radius 3 is 2.80 bits per heavy atom. The normalized spacial score (nSPS) is 23.2. The summed E-state index contributed by atoms with van der Waals surface area (Å²) in [5.41, 5.74) is 7.09. The SMILES string of the molecule is COc1ccc(C(N)=S)c(N2CCCC(C)(O)CC2)c1. The molecule has 0 amide bonds. The average molecular weight is 294 g/mol. The van der Waals surface area contributed by atoms with Crippen LogP contribution in [-0.2, 0) is 0 Å². The van der Waals surface area contributed by atoms with Gasteiger partial charge in [-0.05, 0) is 38.3 Å². The highest BCUT2D eigenvalue weighted by molar-refractivity contribution is 7.80. The number of rotatable bonds is 3. The van der Waals surface area contributed by atoms with Gasteiger partial charge in [0.25, 0.3) is 0 Å². The molecule has 1 aliphatic heterocycles. The minimum absolute atomic E-state index is 0.388. The fourth-order valence-electron chi connectivity index (χ4n) is 2.61. The van der Waals surface area contributed by atoms with Gasteiger partial charge in [0.05, 0.1) is 18.4 Å². The number of nitrogens with zero attached hydrogens (tertiary/aromatic N) is 1. The fourth-order valence-corrected chi connectivity index (χ4v) is 2.79. The highest BCUT2D eigenvalue weighted by Crippen LogP contribution is 2.30. The van der Waals surface area contributed by atoms with Gasteiger partial charge < -0.3 is 20.5 Å². The van der Waals surface area contributed by atoms with Gasteiger partial charge in [0.2, 0.25) is 0 Å². The predicted molar refractivity (Wildman–Crippen MR) is 85.6 cm³/mol. The first-order valence-corrected chi connectivity index (χ1v) is 7.29. The Labute approximate surface area is 125 Å². The molecule has 0 aromatic heterocycles. The van der Waals surface area contributed by atoms with Crippen molar-refractivity contribution in [3.8, 4) is 5.75 Å². The minimum Gasteiger partial charge on any atom is -0.497 e. The van der Waals surface area contributed by atoms with Crippen molar-refractivity contribution in [1.29, 1.82) is 0 Å². The van der Waals surface area contributed by atoms with Crippen molar-refractivity contribution in [1.82, 2.24) is 0 Å². The summed E-state index contributed by atoms with van der Waals surface area (Å²) >= 11 is 5.14. The number of methoxy groups -OCH3 is 1. The van der Waals surface area contributed by atoms with Crippen LogP contribution in [0.2, 0.25) is 0 Å². The van der Waals surface area contributed by atoms with Gasteiger partial charge in [0, 0.05) is 24.7 Å². The second kappa shape index (κ2) is 5.97. The van der Waals surface area contributed by atoms with E-state index in [-0.39, 0.29) is 0 Å². The lowest BCUT2D eigenvalue weighted by molar-refractivity contribution is 0.0481. The van der Waals surface area contributed by atoms with Crippen LogP contribution in [0.5, 0.6) is 5.75 Å². The minimum atomic E-state index is -0.586. The molecule has 1 aromatic rings. The molecule has 1 aromatic carbocycles. The van der Waals surface area contributed by atoms with Gasteiger partial charge >= 0.3 is 0 Å². The monoisotopic (exact) mass is 294 g/mol. The number of thiocarbonyl (C=S) groups is 1. The van der Waals surface area contributed by atoms with E-state index in [1.807, 2.05) is 25.1 Å². The molecule has 1 heterocycles. The molecular formula is C15H22N2O2S. The summed E-state index contributed by atoms with van der Waals surface area (Å²) in [4.78, 5) is 2.62. The van der Waals surface area contributed by atoms with E-state index in [1.165, 1.54) is 0 Å². The number of ether oxygens (including phenoxy) is 1. The van der Waals surface area contributed by atoms with Crippen LogP contribution in [0, 0.1) is 0 Å². The van der Waals surface area contributed by atoms with Crippen molar-refractivity contribution in [2.24, 2.45) is 5.73 Å². The summed E-state index contributed by atoms with van der Waals surface area (Å²) in [5.74, 6) is 0.788. The molecule has 0 aliphatic carbocycles. The van der Waals surface area contributed by atoms with Crippen LogP contribution < -0.4 is 15.4 Å². The maximum Gasteiger partial charge on any atom is 0.120 e. The van der Waals surface area contributed by atoms with Crippen LogP contribution in [0.15, 0.2) is 18.2 Å². The Kier molecular flexibility index (Phi) is 4.50. The van der Waals surface area contributed by atoms with Crippen molar-refractivity contribution < 1.29 is 9.84 Å². The van der Waals surface area contributed by atoms with Gasteiger partial charge in [0.1, 0.15) is 10.7 Å². The van der Waals surface area contributed by atoms with Crippen molar-refractivity contribution in [2.75, 3.05) is 25.1 Å². The van der Waals surface area contributed by atoms with Crippen LogP contribution in [0.4, 0.5) is 5.69 Å². The summed E-state index contributed by atoms with van der Waals surface area (Å²) in [6, 6.07) is 5.74. The van der Waals surface area contributed by atoms with Gasteiger partial charge in [-0.15, -0.1) is 0 Å². The van der Waals surface area contributed by atoms with Crippen LogP contribution in [0.3, 0.4) is 0 Å². The molecule has 1 saturated heterocycles. The molecular weight excluding hydrogens is 272 g/mol. The first-order chi connectivity index (χ1) is 9.43. The third kappa shape index (κ3) is 3.41. The molecule has 5 heteroatoms. The number of hydrogen-bond donors (Lipinski definition) is 2. The molecule has 1 atom stereocenters. The first-order valence-electron chi connectivity index (χ1n) is 6.88. The third-order valence-electron chi connectivity index (χ3n) is 3.87. The highest BCUT2D eigenvalue weighted by atomic mass is 32.1. The number of hydrogen-bond acceptors (Lipinski definition) is 4. The topological polar surface area (TPSA) is 58.7 Å². The third-order valence-corrected chi connectivity index (χ3v) is 4.09. The lowest BCUT2D eigenvalue weighted by atomic mass is 9.98. The van der Waals surface area contributed by atoms with Crippen molar-refractivity contribution >= 4 is 22.9 Å². The van der Waals surface area contributed by atoms with E-state index in [4.69, 9.17) is 22.7 Å². The van der Waals surface area contributed by atoms with Gasteiger partial charge in [-0.25, -0.2) is 0 Å². The van der Waals surface area contributed by atoms with E-state index >= 15 is 0 Å². The van der Waals surface area contributed by atoms with E-state index in [0.29, 0.717) is 4.99 Å². The van der Waals surface area contributed by atoms with Crippen LogP contribution in [0.25, 0.3) is 0 Å². The van der Waals surface area contributed by atoms with Crippen LogP contribution in [0.1, 0.15) is 31.7 Å². The molecule has 1 unspecified atom stereocenters. The van der Waals surface area contributed by atoms with Crippen molar-refractivity contribution in [3.05, 3.63) is 23.8 Å². The Morgan fingerprint density at radius 1 is 1.40 bits per heavy atom. The largest absolute Gasteiger partial charge is 0.497 e. The summed E-state index contributed by atoms with van der Waals surface area (Å²) in [7, 11) is 1.65. The van der Waals surface area contributed by atoms with Gasteiger partial charge in [-0.1, -0.05) is 12.2 Å². The zero-order chi connectivity index (χ0) is 14.8. The highest BCUT2D eigenvalue weighted by Gasteiger charge is 2.26. The zero-order valence-electron chi connectivity index (χ0n) is 12.1. The van der Waals surface area contributed by atoms with E-state index < -0.39 is 5.60 Å². The van der Waals surface area contributed by atoms with Crippen molar-refractivity contribution in [2.45, 2.75) is 31.8 Å². The summed E-state index contributed by atoms with van der Waals surface area (Å²) in [5, 5.41) is 10.2. The van der Waals surface area contributed by atoms with E-state index in [2.05, 4.69) is 4.90 Å². The average Bonchev–Trinajstić information content (AvgIpc) is 2.58. The Hall–Kier alpha value is -1.33. The quantitative estimate of drug-likeness (QED) is 0.836. The lowest BCUT2D eigenvalue weighted by Gasteiger charge is -2.26. The summed E-state index contributed by atoms with van der Waals surface area (Å²) < 4.78 is 5.29. The Bertz CT molecular complexity index is 503. The van der Waals surface area contributed by atoms with E-state index in [1.54, 1.807) is 7.11 Å². The van der Waals surface area contributed by atoms with Gasteiger partial charge in [0.15, 0.2) is 0 Å². The summed E-state index contributed by atoms with van der Waals surface area (Å²) in [6.45, 7) is 3.57. The van der Waals surface area contributed by atoms with Gasteiger partial charge in [-0.3, -0.25) is 0 Å². The van der Waals surface area contributed by atoms with Crippen molar-refractivity contribution in [3.63, 3.8) is 0 Å². The second-order valence-corrected chi connectivity index (χ2v) is 6.02. The number of nitrogens with two attached hydrogens (primary N) is 1. The number of anilines is 1. The number of benzene rings is 1. The molecule has 0 radical (unpaired) electrons. The smallest absolute Gasteiger partial charge is 0.120 e. The summed E-state index contributed by atoms with van der Waals surface area (Å²) in [6.07, 6.45) is 2.50. The molecule has 20 heavy (non-hydrogen) atoms. The molecule has 4 nitrogen and oxygen atoms in total. The van der Waals surface area contributed by atoms with Crippen LogP contribution >= 0.6 is 12.2 Å². The van der Waals surface area contributed by atoms with Gasteiger partial charge in [-0.2, -0.15) is 0 Å². The Morgan fingerprint density at radius 2 is 2.15 bits per heavy atom. The Balaban J connectivity index is 2.32. The lowest BCUT2D eigenvalue weighted by Crippen LogP contribution is -2.29. The number of aliphatic hydroxyl groups is 1. The predicted octanol–water partition coefficient (Wildman–Crippen LogP) is 2.07. The molecule has 0 saturated carbocycles. The maximum atomic E-state index is 10.2. The second-order valence-electron chi connectivity index (χ2n) is 5.58. The molecule has 110 valence electrons. The molecule has 3 N–H and O–H groups in total. The van der Waals surface area contributed by atoms with E-state index in [0.717, 1.165) is 49.4 Å². The molecule has 2 rings (SSSR count). The molecule has 0 bridgehead atoms. The molecule has 1 fully saturated rings. The van der Waals surface area contributed by atoms with Crippen LogP contribution in [-0.4, -0.2) is 35.9 Å². The maximum absolute atomic E-state index is 10.2. The fraction of sp³-hybridized carbons (Fsp3) is 0.533. The standard InChI is InChI=1S/C15H22N2O2S/c1-15(18)6-3-8-17(9-7-15)13-10-11(19-2)4-5-12(13)14(16)20/h4-5,10,18H,3,6-9H2,1-2H3,(H2,16,20). The first kappa shape index (κ1) is 15.1. The zero-order valence-corrected chi connectivity index (χ0v) is 12.9. The van der Waals surface area contributed by atoms with E-state index in [9.17, 15) is 5.11 Å². The molecule has 0 spiro atoms.